The highest BCUT2D eigenvalue weighted by molar-refractivity contribution is 5.08. The molecule has 1 aromatic heterocycles. The van der Waals surface area contributed by atoms with Gasteiger partial charge in [-0.2, -0.15) is 0 Å². The summed E-state index contributed by atoms with van der Waals surface area (Å²) in [5, 5.41) is 10.1. The Balaban J connectivity index is 3.08. The third-order valence-electron chi connectivity index (χ3n) is 0.697. The monoisotopic (exact) mass is 112 g/mol. The molecule has 1 heterocycles. The number of pyridine rings is 1. The summed E-state index contributed by atoms with van der Waals surface area (Å²) < 4.78 is 11.9. The van der Waals surface area contributed by atoms with Crippen LogP contribution in [0.4, 0.5) is 4.39 Å². The first-order valence-electron chi connectivity index (χ1n) is 2.07. The standard InChI is InChI=1S/C5H3FNO/c6-4-1-2-7-5(8)3-4/h1-3H. The first-order valence-corrected chi connectivity index (χ1v) is 2.07. The molecule has 1 radical (unpaired) electrons. The highest BCUT2D eigenvalue weighted by Crippen LogP contribution is 2.04. The van der Waals surface area contributed by atoms with E-state index in [1.807, 2.05) is 0 Å². The summed E-state index contributed by atoms with van der Waals surface area (Å²) in [6.07, 6.45) is 1.14. The summed E-state index contributed by atoms with van der Waals surface area (Å²) in [7, 11) is 0. The minimum atomic E-state index is -0.537. The Morgan fingerprint density at radius 1 is 1.62 bits per heavy atom. The van der Waals surface area contributed by atoms with Gasteiger partial charge < -0.3 is 0 Å². The van der Waals surface area contributed by atoms with E-state index in [2.05, 4.69) is 4.98 Å². The van der Waals surface area contributed by atoms with Gasteiger partial charge in [-0.25, -0.2) is 9.37 Å². The van der Waals surface area contributed by atoms with Gasteiger partial charge in [0.2, 0.25) is 0 Å². The maximum absolute atomic E-state index is 11.9. The second-order valence-electron chi connectivity index (χ2n) is 1.31. The Morgan fingerprint density at radius 3 is 2.75 bits per heavy atom. The lowest BCUT2D eigenvalue weighted by atomic mass is 10.5. The molecule has 0 fully saturated rings. The molecule has 0 unspecified atom stereocenters. The molecule has 41 valence electrons. The van der Waals surface area contributed by atoms with Crippen molar-refractivity contribution >= 4 is 0 Å². The second-order valence-corrected chi connectivity index (χ2v) is 1.31. The quantitative estimate of drug-likeness (QED) is 0.498. The van der Waals surface area contributed by atoms with Crippen molar-refractivity contribution in [3.63, 3.8) is 0 Å². The Bertz CT molecular complexity index is 172. The van der Waals surface area contributed by atoms with Gasteiger partial charge in [-0.3, -0.25) is 5.11 Å². The SMILES string of the molecule is [O]c1cc(F)ccn1. The second kappa shape index (κ2) is 1.78. The van der Waals surface area contributed by atoms with E-state index in [1.165, 1.54) is 0 Å². The van der Waals surface area contributed by atoms with Crippen LogP contribution in [0.5, 0.6) is 5.88 Å². The van der Waals surface area contributed by atoms with Crippen molar-refractivity contribution < 1.29 is 9.50 Å². The van der Waals surface area contributed by atoms with Crippen LogP contribution in [-0.4, -0.2) is 4.98 Å². The fraction of sp³-hybridized carbons (Fsp3) is 0. The third-order valence-corrected chi connectivity index (χ3v) is 0.697. The van der Waals surface area contributed by atoms with Crippen LogP contribution in [0, 0.1) is 5.82 Å². The molecular weight excluding hydrogens is 109 g/mol. The van der Waals surface area contributed by atoms with Crippen LogP contribution in [-0.2, 0) is 5.11 Å². The molecular formula is C5H3FNO. The minimum absolute atomic E-state index is 0.537. The van der Waals surface area contributed by atoms with Crippen LogP contribution < -0.4 is 0 Å². The number of nitrogens with zero attached hydrogens (tertiary/aromatic N) is 1. The van der Waals surface area contributed by atoms with Crippen LogP contribution in [0.2, 0.25) is 0 Å². The largest absolute Gasteiger partial charge is 0.272 e. The van der Waals surface area contributed by atoms with E-state index in [0.717, 1.165) is 18.3 Å². The topological polar surface area (TPSA) is 32.8 Å². The van der Waals surface area contributed by atoms with Crippen LogP contribution in [0.15, 0.2) is 18.3 Å². The highest BCUT2D eigenvalue weighted by atomic mass is 19.1. The predicted molar refractivity (Wildman–Crippen MR) is 24.3 cm³/mol. The van der Waals surface area contributed by atoms with Crippen LogP contribution in [0.1, 0.15) is 0 Å². The van der Waals surface area contributed by atoms with Crippen LogP contribution >= 0.6 is 0 Å². The van der Waals surface area contributed by atoms with E-state index in [0.29, 0.717) is 0 Å². The summed E-state index contributed by atoms with van der Waals surface area (Å²) in [5.74, 6) is -1.07. The molecule has 0 aliphatic rings. The Labute approximate surface area is 45.6 Å². The molecule has 0 saturated carbocycles. The van der Waals surface area contributed by atoms with Crippen molar-refractivity contribution in [2.45, 2.75) is 0 Å². The number of aromatic nitrogens is 1. The average molecular weight is 112 g/mol. The molecule has 2 nitrogen and oxygen atoms in total. The maximum Gasteiger partial charge on any atom is 0.272 e. The Hall–Kier alpha value is -1.12. The average Bonchev–Trinajstić information content (AvgIpc) is 1.64. The van der Waals surface area contributed by atoms with Crippen LogP contribution in [0.3, 0.4) is 0 Å². The van der Waals surface area contributed by atoms with Crippen molar-refractivity contribution in [1.82, 2.24) is 4.98 Å². The number of hydrogen-bond acceptors (Lipinski definition) is 1. The van der Waals surface area contributed by atoms with E-state index >= 15 is 0 Å². The highest BCUT2D eigenvalue weighted by Gasteiger charge is 1.91. The van der Waals surface area contributed by atoms with Crippen molar-refractivity contribution in [1.29, 1.82) is 0 Å². The first kappa shape index (κ1) is 5.03. The van der Waals surface area contributed by atoms with Gasteiger partial charge in [0, 0.05) is 12.3 Å². The van der Waals surface area contributed by atoms with Gasteiger partial charge in [0.25, 0.3) is 5.88 Å². The van der Waals surface area contributed by atoms with Crippen LogP contribution in [0.25, 0.3) is 0 Å². The normalized spacial score (nSPS) is 9.12. The fourth-order valence-corrected chi connectivity index (χ4v) is 0.385. The molecule has 0 aliphatic carbocycles. The van der Waals surface area contributed by atoms with Crippen molar-refractivity contribution in [2.24, 2.45) is 0 Å². The van der Waals surface area contributed by atoms with Gasteiger partial charge in [0.15, 0.2) is 0 Å². The molecule has 0 N–H and O–H groups in total. The van der Waals surface area contributed by atoms with Gasteiger partial charge in [-0.1, -0.05) is 0 Å². The number of hydrogen-bond donors (Lipinski definition) is 0. The summed E-state index contributed by atoms with van der Waals surface area (Å²) in [4.78, 5) is 3.24. The fourth-order valence-electron chi connectivity index (χ4n) is 0.385. The zero-order chi connectivity index (χ0) is 5.98. The van der Waals surface area contributed by atoms with E-state index < -0.39 is 11.7 Å². The maximum atomic E-state index is 11.9. The number of halogens is 1. The van der Waals surface area contributed by atoms with Crippen molar-refractivity contribution in [3.8, 4) is 5.88 Å². The zero-order valence-electron chi connectivity index (χ0n) is 3.97. The zero-order valence-corrected chi connectivity index (χ0v) is 3.97. The molecule has 1 rings (SSSR count). The predicted octanol–water partition coefficient (Wildman–Crippen LogP) is 1.36. The van der Waals surface area contributed by atoms with Crippen molar-refractivity contribution in [2.75, 3.05) is 0 Å². The molecule has 0 bridgehead atoms. The summed E-state index contributed by atoms with van der Waals surface area (Å²) in [6.45, 7) is 0. The minimum Gasteiger partial charge on any atom is -0.267 e. The van der Waals surface area contributed by atoms with E-state index in [-0.39, 0.29) is 0 Å². The van der Waals surface area contributed by atoms with E-state index in [1.54, 1.807) is 0 Å². The third kappa shape index (κ3) is 0.932. The molecule has 1 aromatic rings. The van der Waals surface area contributed by atoms with Gasteiger partial charge in [-0.15, -0.1) is 0 Å². The summed E-state index contributed by atoms with van der Waals surface area (Å²) in [6, 6.07) is 1.96. The Kier molecular flexibility index (Phi) is 1.12. The van der Waals surface area contributed by atoms with Crippen molar-refractivity contribution in [3.05, 3.63) is 24.1 Å². The molecule has 0 spiro atoms. The smallest absolute Gasteiger partial charge is 0.267 e. The molecule has 0 aliphatic heterocycles. The summed E-state index contributed by atoms with van der Waals surface area (Å²) in [5.41, 5.74) is 0. The lowest BCUT2D eigenvalue weighted by Gasteiger charge is -1.82. The molecule has 3 heteroatoms. The number of rotatable bonds is 0. The summed E-state index contributed by atoms with van der Waals surface area (Å²) >= 11 is 0. The Morgan fingerprint density at radius 2 is 2.38 bits per heavy atom. The van der Waals surface area contributed by atoms with Gasteiger partial charge >= 0.3 is 0 Å². The van der Waals surface area contributed by atoms with Gasteiger partial charge in [-0.05, 0) is 6.07 Å². The van der Waals surface area contributed by atoms with Gasteiger partial charge in [0.05, 0.1) is 0 Å². The molecule has 0 atom stereocenters. The molecule has 0 aromatic carbocycles. The lowest BCUT2D eigenvalue weighted by Crippen LogP contribution is -1.73. The first-order chi connectivity index (χ1) is 3.79. The molecule has 8 heavy (non-hydrogen) atoms. The lowest BCUT2D eigenvalue weighted by molar-refractivity contribution is 0.334. The van der Waals surface area contributed by atoms with E-state index in [4.69, 9.17) is 0 Å². The molecule has 0 saturated heterocycles. The molecule has 0 amide bonds. The van der Waals surface area contributed by atoms with Gasteiger partial charge in [0.1, 0.15) is 5.82 Å². The van der Waals surface area contributed by atoms with E-state index in [9.17, 15) is 9.50 Å².